The molecule has 1 heterocycles. The third-order valence-corrected chi connectivity index (χ3v) is 4.15. The van der Waals surface area contributed by atoms with Gasteiger partial charge in [0.25, 0.3) is 5.91 Å². The Labute approximate surface area is 153 Å². The first-order chi connectivity index (χ1) is 12.6. The van der Waals surface area contributed by atoms with Gasteiger partial charge in [0.15, 0.2) is 0 Å². The van der Waals surface area contributed by atoms with Crippen molar-refractivity contribution in [2.24, 2.45) is 0 Å². The predicted octanol–water partition coefficient (Wildman–Crippen LogP) is 3.59. The van der Waals surface area contributed by atoms with Crippen LogP contribution in [0.5, 0.6) is 5.75 Å². The molecule has 26 heavy (non-hydrogen) atoms. The number of fused-ring (bicyclic) bond motifs is 1. The molecule has 134 valence electrons. The van der Waals surface area contributed by atoms with Gasteiger partial charge in [0.1, 0.15) is 11.6 Å². The van der Waals surface area contributed by atoms with Crippen molar-refractivity contribution in [1.29, 1.82) is 0 Å². The van der Waals surface area contributed by atoms with E-state index in [1.54, 1.807) is 19.2 Å². The van der Waals surface area contributed by atoms with Crippen LogP contribution in [-0.2, 0) is 13.0 Å². The van der Waals surface area contributed by atoms with E-state index in [0.717, 1.165) is 29.0 Å². The lowest BCUT2D eigenvalue weighted by Crippen LogP contribution is -2.27. The molecule has 0 saturated carbocycles. The largest absolute Gasteiger partial charge is 0.496 e. The molecule has 3 aromatic rings. The number of carbonyl (C=O) groups is 1. The summed E-state index contributed by atoms with van der Waals surface area (Å²) in [6, 6.07) is 15.2. The van der Waals surface area contributed by atoms with E-state index >= 15 is 0 Å². The monoisotopic (exact) mass is 349 g/mol. The minimum absolute atomic E-state index is 0.148. The number of hydrogen-bond acceptors (Lipinski definition) is 3. The van der Waals surface area contributed by atoms with Crippen molar-refractivity contribution < 1.29 is 9.53 Å². The average molecular weight is 349 g/mol. The molecular weight excluding hydrogens is 326 g/mol. The molecule has 1 amide bonds. The fourth-order valence-corrected chi connectivity index (χ4v) is 2.98. The van der Waals surface area contributed by atoms with Crippen LogP contribution < -0.4 is 10.1 Å². The number of benzene rings is 2. The number of amides is 1. The number of aromatic nitrogens is 2. The highest BCUT2D eigenvalue weighted by molar-refractivity contribution is 5.96. The number of imidazole rings is 1. The molecule has 0 aliphatic rings. The summed E-state index contributed by atoms with van der Waals surface area (Å²) in [6.45, 7) is 7.23. The third-order valence-electron chi connectivity index (χ3n) is 4.15. The standard InChI is InChI=1S/C21H23N3O2/c1-15(2)14-24-18-10-6-5-9-17(18)23-20(24)12-13-22-21(25)16-8-4-7-11-19(16)26-3/h4-11H,1,12-14H2,2-3H3,(H,22,25). The van der Waals surface area contributed by atoms with Gasteiger partial charge in [0.2, 0.25) is 0 Å². The van der Waals surface area contributed by atoms with Gasteiger partial charge in [-0.3, -0.25) is 4.79 Å². The quantitative estimate of drug-likeness (QED) is 0.663. The van der Waals surface area contributed by atoms with Crippen molar-refractivity contribution in [3.63, 3.8) is 0 Å². The van der Waals surface area contributed by atoms with E-state index in [9.17, 15) is 4.79 Å². The molecular formula is C21H23N3O2. The van der Waals surface area contributed by atoms with E-state index in [1.807, 2.05) is 37.3 Å². The number of nitrogens with zero attached hydrogens (tertiary/aromatic N) is 2. The molecule has 5 heteroatoms. The SMILES string of the molecule is C=C(C)Cn1c(CCNC(=O)c2ccccc2OC)nc2ccccc21. The first kappa shape index (κ1) is 17.7. The fraction of sp³-hybridized carbons (Fsp3) is 0.238. The molecule has 0 unspecified atom stereocenters. The molecule has 0 atom stereocenters. The Bertz CT molecular complexity index is 943. The molecule has 0 spiro atoms. The van der Waals surface area contributed by atoms with Crippen LogP contribution in [0.3, 0.4) is 0 Å². The van der Waals surface area contributed by atoms with Crippen LogP contribution in [0.4, 0.5) is 0 Å². The summed E-state index contributed by atoms with van der Waals surface area (Å²) in [5.74, 6) is 1.36. The zero-order valence-corrected chi connectivity index (χ0v) is 15.2. The molecule has 0 aliphatic heterocycles. The van der Waals surface area contributed by atoms with Crippen molar-refractivity contribution in [2.75, 3.05) is 13.7 Å². The third kappa shape index (κ3) is 3.77. The Balaban J connectivity index is 1.73. The van der Waals surface area contributed by atoms with Gasteiger partial charge >= 0.3 is 0 Å². The van der Waals surface area contributed by atoms with Gasteiger partial charge in [0, 0.05) is 19.5 Å². The number of hydrogen-bond donors (Lipinski definition) is 1. The summed E-state index contributed by atoms with van der Waals surface area (Å²) in [5, 5.41) is 2.95. The Morgan fingerprint density at radius 2 is 1.92 bits per heavy atom. The second kappa shape index (κ2) is 7.87. The predicted molar refractivity (Wildman–Crippen MR) is 104 cm³/mol. The van der Waals surface area contributed by atoms with Gasteiger partial charge in [0.05, 0.1) is 23.7 Å². The summed E-state index contributed by atoms with van der Waals surface area (Å²) in [4.78, 5) is 17.1. The van der Waals surface area contributed by atoms with E-state index in [2.05, 4.69) is 22.5 Å². The van der Waals surface area contributed by atoms with Crippen LogP contribution in [0.25, 0.3) is 11.0 Å². The van der Waals surface area contributed by atoms with Crippen LogP contribution in [0, 0.1) is 0 Å². The van der Waals surface area contributed by atoms with Gasteiger partial charge in [-0.25, -0.2) is 4.98 Å². The van der Waals surface area contributed by atoms with Crippen molar-refractivity contribution in [3.05, 3.63) is 72.1 Å². The highest BCUT2D eigenvalue weighted by Crippen LogP contribution is 2.19. The Morgan fingerprint density at radius 1 is 1.19 bits per heavy atom. The molecule has 0 bridgehead atoms. The number of carbonyl (C=O) groups excluding carboxylic acids is 1. The molecule has 1 aromatic heterocycles. The Hall–Kier alpha value is -3.08. The maximum atomic E-state index is 12.4. The second-order valence-electron chi connectivity index (χ2n) is 6.27. The van der Waals surface area contributed by atoms with Crippen molar-refractivity contribution in [3.8, 4) is 5.75 Å². The van der Waals surface area contributed by atoms with Crippen LogP contribution >= 0.6 is 0 Å². The minimum Gasteiger partial charge on any atom is -0.496 e. The van der Waals surface area contributed by atoms with E-state index in [-0.39, 0.29) is 5.91 Å². The summed E-state index contributed by atoms with van der Waals surface area (Å²) in [5.41, 5.74) is 3.64. The first-order valence-corrected chi connectivity index (χ1v) is 8.60. The number of nitrogens with one attached hydrogen (secondary N) is 1. The van der Waals surface area contributed by atoms with Gasteiger partial charge in [-0.15, -0.1) is 0 Å². The van der Waals surface area contributed by atoms with Gasteiger partial charge < -0.3 is 14.6 Å². The normalized spacial score (nSPS) is 10.7. The maximum Gasteiger partial charge on any atom is 0.255 e. The molecule has 0 aliphatic carbocycles. The van der Waals surface area contributed by atoms with Gasteiger partial charge in [-0.2, -0.15) is 0 Å². The lowest BCUT2D eigenvalue weighted by atomic mass is 10.2. The van der Waals surface area contributed by atoms with Crippen molar-refractivity contribution >= 4 is 16.9 Å². The van der Waals surface area contributed by atoms with Crippen molar-refractivity contribution in [2.45, 2.75) is 19.9 Å². The van der Waals surface area contributed by atoms with Crippen LogP contribution in [-0.4, -0.2) is 29.1 Å². The number of rotatable bonds is 7. The molecule has 2 aromatic carbocycles. The summed E-state index contributed by atoms with van der Waals surface area (Å²) < 4.78 is 7.41. The number of allylic oxidation sites excluding steroid dienone is 1. The highest BCUT2D eigenvalue weighted by atomic mass is 16.5. The van der Waals surface area contributed by atoms with E-state index in [0.29, 0.717) is 24.3 Å². The number of para-hydroxylation sites is 3. The van der Waals surface area contributed by atoms with Gasteiger partial charge in [-0.05, 0) is 31.2 Å². The van der Waals surface area contributed by atoms with E-state index < -0.39 is 0 Å². The molecule has 0 saturated heterocycles. The highest BCUT2D eigenvalue weighted by Gasteiger charge is 2.13. The molecule has 3 rings (SSSR count). The average Bonchev–Trinajstić information content (AvgIpc) is 2.98. The summed E-state index contributed by atoms with van der Waals surface area (Å²) in [6.07, 6.45) is 0.642. The second-order valence-corrected chi connectivity index (χ2v) is 6.27. The molecule has 0 fully saturated rings. The van der Waals surface area contributed by atoms with Crippen LogP contribution in [0.2, 0.25) is 0 Å². The zero-order chi connectivity index (χ0) is 18.5. The Morgan fingerprint density at radius 3 is 2.69 bits per heavy atom. The van der Waals surface area contributed by atoms with Crippen LogP contribution in [0.1, 0.15) is 23.1 Å². The maximum absolute atomic E-state index is 12.4. The van der Waals surface area contributed by atoms with Crippen molar-refractivity contribution in [1.82, 2.24) is 14.9 Å². The first-order valence-electron chi connectivity index (χ1n) is 8.60. The fourth-order valence-electron chi connectivity index (χ4n) is 2.98. The minimum atomic E-state index is -0.148. The van der Waals surface area contributed by atoms with Crippen LogP contribution in [0.15, 0.2) is 60.7 Å². The van der Waals surface area contributed by atoms with E-state index in [1.165, 1.54) is 0 Å². The topological polar surface area (TPSA) is 56.2 Å². The smallest absolute Gasteiger partial charge is 0.255 e. The molecule has 1 N–H and O–H groups in total. The number of methoxy groups -OCH3 is 1. The summed E-state index contributed by atoms with van der Waals surface area (Å²) >= 11 is 0. The summed E-state index contributed by atoms with van der Waals surface area (Å²) in [7, 11) is 1.56. The number of ether oxygens (including phenoxy) is 1. The van der Waals surface area contributed by atoms with E-state index in [4.69, 9.17) is 9.72 Å². The van der Waals surface area contributed by atoms with Gasteiger partial charge in [-0.1, -0.05) is 36.4 Å². The lowest BCUT2D eigenvalue weighted by Gasteiger charge is -2.11. The Kier molecular flexibility index (Phi) is 5.37. The lowest BCUT2D eigenvalue weighted by molar-refractivity contribution is 0.0951. The molecule has 0 radical (unpaired) electrons. The zero-order valence-electron chi connectivity index (χ0n) is 15.2. The molecule has 5 nitrogen and oxygen atoms in total.